The molecule has 2 unspecified atom stereocenters. The number of anilines is 1. The Morgan fingerprint density at radius 3 is 2.45 bits per heavy atom. The third-order valence-electron chi connectivity index (χ3n) is 14.6. The summed E-state index contributed by atoms with van der Waals surface area (Å²) in [5.74, 6) is 0.240. The fourth-order valence-corrected chi connectivity index (χ4v) is 16.7. The number of aromatic carboxylic acids is 1. The van der Waals surface area contributed by atoms with Crippen LogP contribution >= 0.6 is 45.1 Å². The topological polar surface area (TPSA) is 324 Å². The molecule has 0 aliphatic carbocycles. The van der Waals surface area contributed by atoms with E-state index in [1.54, 1.807) is 19.1 Å². The Morgan fingerprint density at radius 2 is 1.68 bits per heavy atom. The number of phosphoric ester groups is 1. The van der Waals surface area contributed by atoms with Crippen LogP contribution in [0.4, 0.5) is 5.69 Å². The van der Waals surface area contributed by atoms with Crippen LogP contribution in [0.1, 0.15) is 112 Å². The minimum Gasteiger partial charge on any atom is -0.478 e. The van der Waals surface area contributed by atoms with Crippen molar-refractivity contribution in [1.82, 2.24) is 29.4 Å². The number of imidazole rings is 1. The van der Waals surface area contributed by atoms with Crippen LogP contribution in [-0.2, 0) is 62.0 Å². The summed E-state index contributed by atoms with van der Waals surface area (Å²) in [5, 5.41) is 16.1. The second kappa shape index (κ2) is 21.3. The number of aromatic nitrogens is 4. The largest absolute Gasteiger partial charge is 0.490 e. The molecule has 11 rings (SSSR count). The van der Waals surface area contributed by atoms with Gasteiger partial charge in [0.15, 0.2) is 11.2 Å². The molecule has 6 aliphatic heterocycles. The maximum absolute atomic E-state index is 14.0. The minimum absolute atomic E-state index is 0.00138. The van der Waals surface area contributed by atoms with Crippen LogP contribution in [0, 0.1) is 6.92 Å². The van der Waals surface area contributed by atoms with Crippen molar-refractivity contribution in [2.75, 3.05) is 50.2 Å². The summed E-state index contributed by atoms with van der Waals surface area (Å²) in [6.45, 7) is 8.67. The standard InChI is InChI=1S/C49H56N7O17P3S2/c1-26-52-45-40(47(58)53-26)51-24-56(45)38-21-36(37(70-38)22-69-75(64,65)73-76(66,67)72-74(61,62)63)68-25-77-78-49(2,3)23-50-46(57)29-12-13-30(33(20-29)48(59)60)39-34-18-27-8-4-14-54-16-6-10-31(41(27)54)43(34)71-44-32-11-7-17-55-15-5-9-28(42(32)55)19-35(39)44/h12-13,18-20,24,36-38H,4-11,14-17,21-23,25H2,1-3H3,(H6-,50,52,53,57,58,59,60,61,62,63,64,65,66,67)/p+1/t36-,37-,38-/m1/s1. The van der Waals surface area contributed by atoms with Gasteiger partial charge < -0.3 is 54.1 Å². The van der Waals surface area contributed by atoms with E-state index in [2.05, 4.69) is 50.5 Å². The van der Waals surface area contributed by atoms with Gasteiger partial charge in [0, 0.05) is 82.4 Å². The molecule has 0 saturated carbocycles. The zero-order valence-electron chi connectivity index (χ0n) is 42.5. The number of nitrogens with zero attached hydrogens (tertiary/aromatic N) is 5. The van der Waals surface area contributed by atoms with E-state index in [0.29, 0.717) is 11.4 Å². The van der Waals surface area contributed by atoms with Gasteiger partial charge in [0.05, 0.1) is 30.2 Å². The number of carbonyl (C=O) groups is 2. The molecule has 5 aromatic rings. The van der Waals surface area contributed by atoms with Crippen molar-refractivity contribution >= 4 is 79.4 Å². The second-order valence-electron chi connectivity index (χ2n) is 20.6. The molecule has 1 saturated heterocycles. The zero-order valence-corrected chi connectivity index (χ0v) is 46.9. The molecule has 0 spiro atoms. The monoisotopic (exact) mass is 1170 g/mol. The number of carboxylic acids is 1. The molecule has 6 aliphatic rings. The first kappa shape index (κ1) is 55.2. The van der Waals surface area contributed by atoms with E-state index in [1.807, 2.05) is 13.8 Å². The van der Waals surface area contributed by atoms with Gasteiger partial charge in [-0.2, -0.15) is 8.62 Å². The molecule has 7 N–H and O–H groups in total. The number of ether oxygens (including phenoxy) is 3. The number of rotatable bonds is 18. The van der Waals surface area contributed by atoms with Gasteiger partial charge in [-0.1, -0.05) is 27.7 Å². The number of H-pyrrole nitrogens is 1. The molecule has 1 fully saturated rings. The number of nitrogens with one attached hydrogen (secondary N) is 2. The number of aromatic amines is 1. The lowest BCUT2D eigenvalue weighted by Gasteiger charge is -2.39. The number of fused-ring (bicyclic) bond motifs is 5. The average Bonchev–Trinajstić information content (AvgIpc) is 4.14. The van der Waals surface area contributed by atoms with Crippen molar-refractivity contribution in [3.8, 4) is 11.5 Å². The fraction of sp³-hybridized carbons (Fsp3) is 0.469. The Bertz CT molecular complexity index is 3660. The highest BCUT2D eigenvalue weighted by atomic mass is 33.1. The first-order chi connectivity index (χ1) is 37.0. The molecule has 0 radical (unpaired) electrons. The second-order valence-corrected chi connectivity index (χ2v) is 28.0. The van der Waals surface area contributed by atoms with Crippen molar-refractivity contribution in [2.45, 2.75) is 102 Å². The third-order valence-corrected chi connectivity index (χ3v) is 21.4. The summed E-state index contributed by atoms with van der Waals surface area (Å²) >= 11 is 0. The summed E-state index contributed by atoms with van der Waals surface area (Å²) in [5.41, 5.74) is 8.16. The molecule has 416 valence electrons. The van der Waals surface area contributed by atoms with Gasteiger partial charge in [-0.3, -0.25) is 18.7 Å². The van der Waals surface area contributed by atoms with Crippen LogP contribution in [0.25, 0.3) is 16.7 Å². The van der Waals surface area contributed by atoms with Gasteiger partial charge in [-0.05, 0) is 94.7 Å². The highest BCUT2D eigenvalue weighted by molar-refractivity contribution is 8.77. The van der Waals surface area contributed by atoms with Crippen LogP contribution in [0.2, 0.25) is 0 Å². The number of hydrogen-bond acceptors (Lipinski definition) is 17. The molecular weight excluding hydrogens is 1120 g/mol. The van der Waals surface area contributed by atoms with Crippen molar-refractivity contribution in [2.24, 2.45) is 0 Å². The number of hydrogen-bond donors (Lipinski definition) is 7. The van der Waals surface area contributed by atoms with E-state index in [1.165, 1.54) is 71.8 Å². The molecule has 29 heteroatoms. The van der Waals surface area contributed by atoms with Crippen LogP contribution in [-0.4, -0.2) is 118 Å². The number of carboxylic acid groups (broad SMARTS) is 1. The van der Waals surface area contributed by atoms with E-state index in [-0.39, 0.29) is 41.2 Å². The SMILES string of the molecule is Cc1nc2c(ncn2[C@H]2C[C@@H](OCSSC(C)(C)CNC(=O)c3ccc(C4=c5cc6c7c(c5Oc5c4cc4c8c5CCCN8CCC4)CCC[N+]=7CCC6)c(C(=O)O)c3)[C@@H](COP(=O)(O)OP(=O)(O)OP(=O)(O)O)O2)c(=O)[nH]1. The molecule has 3 aromatic carbocycles. The predicted molar refractivity (Wildman–Crippen MR) is 286 cm³/mol. The summed E-state index contributed by atoms with van der Waals surface area (Å²) in [6, 6.07) is 9.32. The normalized spacial score (nSPS) is 21.2. The van der Waals surface area contributed by atoms with E-state index in [9.17, 15) is 43.0 Å². The molecule has 0 bridgehead atoms. The number of aryl methyl sites for hydroxylation is 3. The number of amides is 1. The molecule has 2 aromatic heterocycles. The van der Waals surface area contributed by atoms with Gasteiger partial charge in [0.25, 0.3) is 11.5 Å². The predicted octanol–water partition coefficient (Wildman–Crippen LogP) is 5.13. The summed E-state index contributed by atoms with van der Waals surface area (Å²) < 4.78 is 71.2. The quantitative estimate of drug-likeness (QED) is 0.0193. The lowest BCUT2D eigenvalue weighted by molar-refractivity contribution is -0.0522. The Balaban J connectivity index is 0.801. The Hall–Kier alpha value is -4.75. The maximum Gasteiger partial charge on any atom is 0.490 e. The third kappa shape index (κ3) is 11.2. The Labute approximate surface area is 453 Å². The number of benzene rings is 3. The maximum atomic E-state index is 14.0. The van der Waals surface area contributed by atoms with Gasteiger partial charge in [-0.25, -0.2) is 33.0 Å². The molecule has 1 amide bonds. The van der Waals surface area contributed by atoms with Crippen molar-refractivity contribution < 1.29 is 75.3 Å². The molecule has 24 nitrogen and oxygen atoms in total. The lowest BCUT2D eigenvalue weighted by Crippen LogP contribution is -2.45. The lowest BCUT2D eigenvalue weighted by atomic mass is 9.81. The van der Waals surface area contributed by atoms with Crippen LogP contribution in [0.5, 0.6) is 11.5 Å². The number of carbonyl (C=O) groups excluding carboxylic acids is 1. The fourth-order valence-electron chi connectivity index (χ4n) is 11.5. The van der Waals surface area contributed by atoms with E-state index in [4.69, 9.17) is 28.5 Å². The average molecular weight is 1170 g/mol. The van der Waals surface area contributed by atoms with Gasteiger partial charge in [-0.15, -0.1) is 0 Å². The Kier molecular flexibility index (Phi) is 15.1. The van der Waals surface area contributed by atoms with Gasteiger partial charge >= 0.3 is 29.4 Å². The highest BCUT2D eigenvalue weighted by Crippen LogP contribution is 2.66. The van der Waals surface area contributed by atoms with E-state index < -0.39 is 70.7 Å². The van der Waals surface area contributed by atoms with Gasteiger partial charge in [0.2, 0.25) is 5.36 Å². The van der Waals surface area contributed by atoms with Crippen LogP contribution in [0.3, 0.4) is 0 Å². The summed E-state index contributed by atoms with van der Waals surface area (Å²) in [7, 11) is -14.3. The first-order valence-electron chi connectivity index (χ1n) is 25.4. The molecular formula is C49H57N7O17P3S2+. The minimum atomic E-state index is -5.80. The Morgan fingerprint density at radius 1 is 0.936 bits per heavy atom. The zero-order chi connectivity index (χ0) is 55.1. The van der Waals surface area contributed by atoms with Crippen LogP contribution in [0.15, 0.2) is 41.5 Å². The van der Waals surface area contributed by atoms with Crippen molar-refractivity contribution in [3.05, 3.63) is 108 Å². The van der Waals surface area contributed by atoms with Crippen molar-refractivity contribution in [1.29, 1.82) is 0 Å². The van der Waals surface area contributed by atoms with Gasteiger partial charge in [0.1, 0.15) is 48.7 Å². The number of phosphoric acid groups is 3. The van der Waals surface area contributed by atoms with Crippen molar-refractivity contribution in [3.63, 3.8) is 0 Å². The molecule has 5 atom stereocenters. The highest BCUT2D eigenvalue weighted by Gasteiger charge is 2.44. The summed E-state index contributed by atoms with van der Waals surface area (Å²) in [4.78, 5) is 91.3. The van der Waals surface area contributed by atoms with Crippen LogP contribution < -0.4 is 35.7 Å². The molecule has 8 heterocycles. The van der Waals surface area contributed by atoms with E-state index >= 15 is 0 Å². The molecule has 78 heavy (non-hydrogen) atoms. The summed E-state index contributed by atoms with van der Waals surface area (Å²) in [6.07, 6.45) is 5.97. The smallest absolute Gasteiger partial charge is 0.478 e. The first-order valence-corrected chi connectivity index (χ1v) is 32.2. The van der Waals surface area contributed by atoms with E-state index in [0.717, 1.165) is 105 Å².